The molecule has 22 heavy (non-hydrogen) atoms. The maximum absolute atomic E-state index is 11.4. The molecule has 114 valence electrons. The van der Waals surface area contributed by atoms with E-state index in [4.69, 9.17) is 5.73 Å². The van der Waals surface area contributed by atoms with Crippen molar-refractivity contribution in [1.29, 1.82) is 0 Å². The van der Waals surface area contributed by atoms with Crippen molar-refractivity contribution in [3.05, 3.63) is 65.0 Å². The molecular formula is C17H19N3O2. The number of aliphatic hydroxyl groups excluding tert-OH is 1. The summed E-state index contributed by atoms with van der Waals surface area (Å²) in [6, 6.07) is 9.77. The highest BCUT2D eigenvalue weighted by Gasteiger charge is 2.25. The molecule has 0 spiro atoms. The van der Waals surface area contributed by atoms with Crippen LogP contribution in [0.15, 0.2) is 42.7 Å². The van der Waals surface area contributed by atoms with Crippen LogP contribution in [0.25, 0.3) is 0 Å². The van der Waals surface area contributed by atoms with Gasteiger partial charge in [0.1, 0.15) is 0 Å². The van der Waals surface area contributed by atoms with Gasteiger partial charge in [0, 0.05) is 37.0 Å². The van der Waals surface area contributed by atoms with Crippen molar-refractivity contribution in [2.45, 2.75) is 31.5 Å². The average molecular weight is 297 g/mol. The maximum Gasteiger partial charge on any atom is 0.249 e. The molecule has 1 aliphatic rings. The lowest BCUT2D eigenvalue weighted by Gasteiger charge is -2.30. The molecule has 0 saturated heterocycles. The summed E-state index contributed by atoms with van der Waals surface area (Å²) in [5.41, 5.74) is 9.00. The fourth-order valence-electron chi connectivity index (χ4n) is 2.95. The van der Waals surface area contributed by atoms with Crippen LogP contribution in [0.2, 0.25) is 0 Å². The van der Waals surface area contributed by atoms with E-state index in [9.17, 15) is 9.90 Å². The fourth-order valence-corrected chi connectivity index (χ4v) is 2.95. The number of aromatic nitrogens is 1. The minimum absolute atomic E-state index is 0.0455. The normalized spacial score (nSPS) is 18.5. The number of amides is 1. The largest absolute Gasteiger partial charge is 0.391 e. The van der Waals surface area contributed by atoms with Crippen LogP contribution < -0.4 is 11.1 Å². The summed E-state index contributed by atoms with van der Waals surface area (Å²) in [7, 11) is 0. The Hall–Kier alpha value is -2.24. The summed E-state index contributed by atoms with van der Waals surface area (Å²) in [5.74, 6) is -0.494. The lowest BCUT2D eigenvalue weighted by Crippen LogP contribution is -2.45. The Morgan fingerprint density at radius 3 is 2.91 bits per heavy atom. The number of nitrogens with one attached hydrogen (secondary N) is 1. The molecule has 0 saturated carbocycles. The maximum atomic E-state index is 11.4. The average Bonchev–Trinajstić information content (AvgIpc) is 2.54. The lowest BCUT2D eigenvalue weighted by molar-refractivity contribution is 0.0995. The van der Waals surface area contributed by atoms with Crippen LogP contribution >= 0.6 is 0 Å². The van der Waals surface area contributed by atoms with E-state index in [0.29, 0.717) is 17.5 Å². The Bertz CT molecular complexity index is 687. The van der Waals surface area contributed by atoms with E-state index < -0.39 is 12.0 Å². The molecule has 0 radical (unpaired) electrons. The second-order valence-corrected chi connectivity index (χ2v) is 5.63. The van der Waals surface area contributed by atoms with Crippen LogP contribution in [0.3, 0.4) is 0 Å². The first-order chi connectivity index (χ1) is 10.6. The van der Waals surface area contributed by atoms with E-state index in [-0.39, 0.29) is 6.04 Å². The lowest BCUT2D eigenvalue weighted by atomic mass is 9.90. The van der Waals surface area contributed by atoms with Gasteiger partial charge >= 0.3 is 0 Å². The Kier molecular flexibility index (Phi) is 4.18. The van der Waals surface area contributed by atoms with Gasteiger partial charge in [0.2, 0.25) is 5.91 Å². The number of benzene rings is 1. The second-order valence-electron chi connectivity index (χ2n) is 5.63. The van der Waals surface area contributed by atoms with Crippen molar-refractivity contribution < 1.29 is 9.90 Å². The summed E-state index contributed by atoms with van der Waals surface area (Å²) < 4.78 is 0. The van der Waals surface area contributed by atoms with Crippen molar-refractivity contribution in [3.63, 3.8) is 0 Å². The smallest absolute Gasteiger partial charge is 0.249 e. The molecule has 3 rings (SSSR count). The number of nitrogens with zero attached hydrogens (tertiary/aromatic N) is 1. The molecule has 0 aliphatic carbocycles. The molecule has 2 aromatic rings. The number of hydrogen-bond donors (Lipinski definition) is 3. The van der Waals surface area contributed by atoms with Crippen LogP contribution in [0.5, 0.6) is 0 Å². The zero-order chi connectivity index (χ0) is 15.5. The summed E-state index contributed by atoms with van der Waals surface area (Å²) >= 11 is 0. The third-order valence-electron chi connectivity index (χ3n) is 4.18. The topological polar surface area (TPSA) is 88.2 Å². The van der Waals surface area contributed by atoms with E-state index in [1.165, 1.54) is 17.3 Å². The van der Waals surface area contributed by atoms with Gasteiger partial charge < -0.3 is 16.2 Å². The number of fused-ring (bicyclic) bond motifs is 1. The first-order valence-electron chi connectivity index (χ1n) is 7.36. The summed E-state index contributed by atoms with van der Waals surface area (Å²) in [6.45, 7) is 0.744. The van der Waals surface area contributed by atoms with Gasteiger partial charge in [-0.1, -0.05) is 24.3 Å². The van der Waals surface area contributed by atoms with Crippen LogP contribution in [0.4, 0.5) is 0 Å². The van der Waals surface area contributed by atoms with Gasteiger partial charge in [-0.05, 0) is 29.2 Å². The van der Waals surface area contributed by atoms with E-state index in [2.05, 4.69) is 22.4 Å². The Morgan fingerprint density at radius 2 is 2.14 bits per heavy atom. The number of aliphatic hydroxyl groups is 1. The Labute approximate surface area is 129 Å². The molecule has 0 fully saturated rings. The third kappa shape index (κ3) is 3.00. The van der Waals surface area contributed by atoms with Gasteiger partial charge in [0.15, 0.2) is 0 Å². The molecule has 2 atom stereocenters. The number of primary amides is 1. The summed E-state index contributed by atoms with van der Waals surface area (Å²) in [6.07, 6.45) is 3.65. The fraction of sp³-hybridized carbons (Fsp3) is 0.294. The van der Waals surface area contributed by atoms with E-state index in [1.807, 2.05) is 12.1 Å². The van der Waals surface area contributed by atoms with Crippen molar-refractivity contribution in [2.75, 3.05) is 0 Å². The van der Waals surface area contributed by atoms with Crippen molar-refractivity contribution in [3.8, 4) is 0 Å². The van der Waals surface area contributed by atoms with Gasteiger partial charge in [-0.3, -0.25) is 9.78 Å². The number of pyridine rings is 1. The summed E-state index contributed by atoms with van der Waals surface area (Å²) in [5, 5.41) is 13.9. The Balaban J connectivity index is 1.74. The molecule has 2 heterocycles. The highest BCUT2D eigenvalue weighted by molar-refractivity contribution is 5.94. The second kappa shape index (κ2) is 6.25. The molecular weight excluding hydrogens is 278 g/mol. The molecule has 5 nitrogen and oxygen atoms in total. The number of nitrogens with two attached hydrogens (primary N) is 1. The van der Waals surface area contributed by atoms with E-state index in [0.717, 1.165) is 13.0 Å². The molecule has 5 heteroatoms. The van der Waals surface area contributed by atoms with Gasteiger partial charge in [0.25, 0.3) is 0 Å². The van der Waals surface area contributed by atoms with Gasteiger partial charge in [-0.25, -0.2) is 0 Å². The number of hydrogen-bond acceptors (Lipinski definition) is 4. The highest BCUT2D eigenvalue weighted by Crippen LogP contribution is 2.20. The predicted octanol–water partition coefficient (Wildman–Crippen LogP) is 0.798. The van der Waals surface area contributed by atoms with Crippen LogP contribution in [-0.2, 0) is 19.4 Å². The van der Waals surface area contributed by atoms with E-state index in [1.54, 1.807) is 12.3 Å². The van der Waals surface area contributed by atoms with Crippen molar-refractivity contribution in [1.82, 2.24) is 10.3 Å². The number of carbonyl (C=O) groups is 1. The predicted molar refractivity (Wildman–Crippen MR) is 83.2 cm³/mol. The first kappa shape index (κ1) is 14.7. The zero-order valence-electron chi connectivity index (χ0n) is 12.2. The SMILES string of the molecule is NC(=O)c1ccncc1C[C@@H](O)[C@@H]1Cc2ccccc2CN1. The van der Waals surface area contributed by atoms with E-state index >= 15 is 0 Å². The molecule has 0 unspecified atom stereocenters. The standard InChI is InChI=1S/C17H19N3O2/c18-17(22)14-5-6-19-9-13(14)8-16(21)15-7-11-3-1-2-4-12(11)10-20-15/h1-6,9,15-16,20-21H,7-8,10H2,(H2,18,22)/t15-,16+/m0/s1. The van der Waals surface area contributed by atoms with Crippen LogP contribution in [0, 0.1) is 0 Å². The Morgan fingerprint density at radius 1 is 1.36 bits per heavy atom. The number of rotatable bonds is 4. The quantitative estimate of drug-likeness (QED) is 0.779. The third-order valence-corrected chi connectivity index (χ3v) is 4.18. The minimum Gasteiger partial charge on any atom is -0.391 e. The van der Waals surface area contributed by atoms with Crippen LogP contribution in [-0.4, -0.2) is 28.1 Å². The number of carbonyl (C=O) groups excluding carboxylic acids is 1. The molecule has 1 aromatic heterocycles. The van der Waals surface area contributed by atoms with Crippen molar-refractivity contribution >= 4 is 5.91 Å². The molecule has 1 aliphatic heterocycles. The highest BCUT2D eigenvalue weighted by atomic mass is 16.3. The van der Waals surface area contributed by atoms with Gasteiger partial charge in [-0.2, -0.15) is 0 Å². The molecule has 0 bridgehead atoms. The molecule has 1 aromatic carbocycles. The van der Waals surface area contributed by atoms with Crippen LogP contribution in [0.1, 0.15) is 27.0 Å². The van der Waals surface area contributed by atoms with Crippen molar-refractivity contribution in [2.24, 2.45) is 5.73 Å². The molecule has 4 N–H and O–H groups in total. The minimum atomic E-state index is -0.601. The zero-order valence-corrected chi connectivity index (χ0v) is 12.2. The monoisotopic (exact) mass is 297 g/mol. The molecule has 1 amide bonds. The summed E-state index contributed by atoms with van der Waals surface area (Å²) in [4.78, 5) is 15.5. The first-order valence-corrected chi connectivity index (χ1v) is 7.36. The van der Waals surface area contributed by atoms with Gasteiger partial charge in [0.05, 0.1) is 6.10 Å². The van der Waals surface area contributed by atoms with Gasteiger partial charge in [-0.15, -0.1) is 0 Å².